The minimum atomic E-state index is 0.251. The molecule has 3 nitrogen and oxygen atoms in total. The molecule has 0 saturated carbocycles. The molecule has 0 aliphatic carbocycles. The summed E-state index contributed by atoms with van der Waals surface area (Å²) < 4.78 is 0. The Morgan fingerprint density at radius 1 is 1.18 bits per heavy atom. The average molecular weight is 238 g/mol. The highest BCUT2D eigenvalue weighted by atomic mass is 16.2. The summed E-state index contributed by atoms with van der Waals surface area (Å²) in [6.45, 7) is 10.8. The summed E-state index contributed by atoms with van der Waals surface area (Å²) in [5, 5.41) is 3.28. The van der Waals surface area contributed by atoms with Gasteiger partial charge in [-0.2, -0.15) is 0 Å². The van der Waals surface area contributed by atoms with Gasteiger partial charge in [-0.1, -0.05) is 20.8 Å². The van der Waals surface area contributed by atoms with Crippen LogP contribution in [0.25, 0.3) is 0 Å². The first-order valence-electron chi connectivity index (χ1n) is 6.98. The highest BCUT2D eigenvalue weighted by Crippen LogP contribution is 2.34. The fourth-order valence-electron chi connectivity index (χ4n) is 3.09. The predicted octanol–water partition coefficient (Wildman–Crippen LogP) is 1.88. The van der Waals surface area contributed by atoms with E-state index in [1.54, 1.807) is 0 Å². The summed E-state index contributed by atoms with van der Waals surface area (Å²) in [6.07, 6.45) is 3.38. The van der Waals surface area contributed by atoms with E-state index in [1.165, 1.54) is 12.8 Å². The van der Waals surface area contributed by atoms with Crippen LogP contribution in [0.4, 0.5) is 0 Å². The Hall–Kier alpha value is -0.570. The van der Waals surface area contributed by atoms with Crippen LogP contribution in [-0.4, -0.2) is 37.0 Å². The number of likely N-dealkylation sites (tertiary alicyclic amines) is 1. The van der Waals surface area contributed by atoms with Crippen LogP contribution in [-0.2, 0) is 4.79 Å². The molecule has 17 heavy (non-hydrogen) atoms. The lowest BCUT2D eigenvalue weighted by molar-refractivity contribution is -0.136. The Kier molecular flexibility index (Phi) is 3.76. The van der Waals surface area contributed by atoms with Gasteiger partial charge in [0.15, 0.2) is 0 Å². The third kappa shape index (κ3) is 3.01. The molecule has 0 aromatic carbocycles. The number of rotatable bonds is 1. The Bertz CT molecular complexity index is 268. The van der Waals surface area contributed by atoms with Crippen molar-refractivity contribution < 1.29 is 4.79 Å². The zero-order chi connectivity index (χ0) is 12.5. The number of amides is 1. The molecule has 0 aromatic heterocycles. The van der Waals surface area contributed by atoms with Gasteiger partial charge in [0.2, 0.25) is 5.91 Å². The van der Waals surface area contributed by atoms with Gasteiger partial charge in [0, 0.05) is 19.6 Å². The predicted molar refractivity (Wildman–Crippen MR) is 69.7 cm³/mol. The van der Waals surface area contributed by atoms with Crippen molar-refractivity contribution in [1.82, 2.24) is 10.2 Å². The van der Waals surface area contributed by atoms with Gasteiger partial charge < -0.3 is 10.2 Å². The summed E-state index contributed by atoms with van der Waals surface area (Å²) in [5.74, 6) is 1.41. The second-order valence-corrected chi connectivity index (χ2v) is 6.66. The molecule has 2 fully saturated rings. The zero-order valence-electron chi connectivity index (χ0n) is 11.5. The van der Waals surface area contributed by atoms with Crippen molar-refractivity contribution in [3.8, 4) is 0 Å². The fraction of sp³-hybridized carbons (Fsp3) is 0.929. The third-order valence-corrected chi connectivity index (χ3v) is 4.44. The van der Waals surface area contributed by atoms with Crippen LogP contribution in [0, 0.1) is 17.3 Å². The average Bonchev–Trinajstić information content (AvgIpc) is 2.80. The molecule has 0 aromatic rings. The minimum absolute atomic E-state index is 0.251. The van der Waals surface area contributed by atoms with Crippen molar-refractivity contribution in [2.45, 2.75) is 40.0 Å². The minimum Gasteiger partial charge on any atom is -0.342 e. The first kappa shape index (κ1) is 12.9. The summed E-state index contributed by atoms with van der Waals surface area (Å²) in [7, 11) is 0. The lowest BCUT2D eigenvalue weighted by Crippen LogP contribution is -2.44. The maximum atomic E-state index is 12.2. The summed E-state index contributed by atoms with van der Waals surface area (Å²) >= 11 is 0. The Labute approximate surface area is 105 Å². The molecule has 2 aliphatic heterocycles. The molecule has 2 aliphatic rings. The van der Waals surface area contributed by atoms with E-state index in [9.17, 15) is 4.79 Å². The summed E-state index contributed by atoms with van der Waals surface area (Å²) in [4.78, 5) is 14.3. The van der Waals surface area contributed by atoms with Gasteiger partial charge in [0.05, 0.1) is 5.92 Å². The first-order valence-corrected chi connectivity index (χ1v) is 6.98. The largest absolute Gasteiger partial charge is 0.342 e. The number of nitrogens with zero attached hydrogens (tertiary/aromatic N) is 1. The van der Waals surface area contributed by atoms with E-state index in [0.29, 0.717) is 11.3 Å². The van der Waals surface area contributed by atoms with E-state index in [4.69, 9.17) is 0 Å². The molecule has 2 rings (SSSR count). The first-order chi connectivity index (χ1) is 7.98. The molecule has 0 radical (unpaired) electrons. The Morgan fingerprint density at radius 2 is 1.82 bits per heavy atom. The smallest absolute Gasteiger partial charge is 0.227 e. The van der Waals surface area contributed by atoms with E-state index in [2.05, 4.69) is 31.0 Å². The van der Waals surface area contributed by atoms with Crippen molar-refractivity contribution >= 4 is 5.91 Å². The molecule has 98 valence electrons. The summed E-state index contributed by atoms with van der Waals surface area (Å²) in [5.41, 5.74) is 0.393. The molecule has 1 amide bonds. The normalized spacial score (nSPS) is 27.5. The highest BCUT2D eigenvalue weighted by molar-refractivity contribution is 5.79. The lowest BCUT2D eigenvalue weighted by atomic mass is 9.75. The van der Waals surface area contributed by atoms with Crippen LogP contribution in [0.1, 0.15) is 40.0 Å². The van der Waals surface area contributed by atoms with Crippen LogP contribution in [0.5, 0.6) is 0 Å². The van der Waals surface area contributed by atoms with E-state index >= 15 is 0 Å². The molecule has 2 heterocycles. The maximum Gasteiger partial charge on any atom is 0.227 e. The van der Waals surface area contributed by atoms with Gasteiger partial charge in [-0.05, 0) is 37.1 Å². The van der Waals surface area contributed by atoms with Crippen molar-refractivity contribution in [2.24, 2.45) is 17.3 Å². The fourth-order valence-corrected chi connectivity index (χ4v) is 3.09. The van der Waals surface area contributed by atoms with Gasteiger partial charge in [0.1, 0.15) is 0 Å². The standard InChI is InChI=1S/C14H26N2O/c1-14(2,3)12-5-8-16(9-6-12)13(17)11-4-7-15-10-11/h11-12,15H,4-10H2,1-3H3. The number of carbonyl (C=O) groups excluding carboxylic acids is 1. The second kappa shape index (κ2) is 4.97. The summed E-state index contributed by atoms with van der Waals surface area (Å²) in [6, 6.07) is 0. The monoisotopic (exact) mass is 238 g/mol. The van der Waals surface area contributed by atoms with Gasteiger partial charge in [-0.15, -0.1) is 0 Å². The van der Waals surface area contributed by atoms with E-state index in [1.807, 2.05) is 0 Å². The number of hydrogen-bond donors (Lipinski definition) is 1. The van der Waals surface area contributed by atoms with Crippen LogP contribution in [0.2, 0.25) is 0 Å². The molecular formula is C14H26N2O. The van der Waals surface area contributed by atoms with Crippen molar-refractivity contribution in [1.29, 1.82) is 0 Å². The Balaban J connectivity index is 1.84. The van der Waals surface area contributed by atoms with Gasteiger partial charge in [0.25, 0.3) is 0 Å². The van der Waals surface area contributed by atoms with E-state index in [0.717, 1.165) is 38.5 Å². The second-order valence-electron chi connectivity index (χ2n) is 6.66. The molecule has 1 unspecified atom stereocenters. The Morgan fingerprint density at radius 3 is 2.29 bits per heavy atom. The zero-order valence-corrected chi connectivity index (χ0v) is 11.5. The highest BCUT2D eigenvalue weighted by Gasteiger charge is 2.33. The van der Waals surface area contributed by atoms with Crippen molar-refractivity contribution in [3.05, 3.63) is 0 Å². The molecule has 0 bridgehead atoms. The molecular weight excluding hydrogens is 212 g/mol. The van der Waals surface area contributed by atoms with Crippen molar-refractivity contribution in [2.75, 3.05) is 26.2 Å². The molecule has 1 N–H and O–H groups in total. The van der Waals surface area contributed by atoms with Crippen LogP contribution in [0.3, 0.4) is 0 Å². The van der Waals surface area contributed by atoms with Crippen LogP contribution in [0.15, 0.2) is 0 Å². The molecule has 0 spiro atoms. The quantitative estimate of drug-likeness (QED) is 0.756. The third-order valence-electron chi connectivity index (χ3n) is 4.44. The lowest BCUT2D eigenvalue weighted by Gasteiger charge is -2.39. The topological polar surface area (TPSA) is 32.3 Å². The number of nitrogens with one attached hydrogen (secondary N) is 1. The van der Waals surface area contributed by atoms with Gasteiger partial charge >= 0.3 is 0 Å². The van der Waals surface area contributed by atoms with E-state index < -0.39 is 0 Å². The van der Waals surface area contributed by atoms with Gasteiger partial charge in [-0.3, -0.25) is 4.79 Å². The SMILES string of the molecule is CC(C)(C)C1CCN(C(=O)C2CCNC2)CC1. The number of piperidine rings is 1. The van der Waals surface area contributed by atoms with Crippen LogP contribution >= 0.6 is 0 Å². The number of carbonyl (C=O) groups is 1. The van der Waals surface area contributed by atoms with Crippen LogP contribution < -0.4 is 5.32 Å². The molecule has 1 atom stereocenters. The molecule has 3 heteroatoms. The maximum absolute atomic E-state index is 12.2. The van der Waals surface area contributed by atoms with Crippen molar-refractivity contribution in [3.63, 3.8) is 0 Å². The number of hydrogen-bond acceptors (Lipinski definition) is 2. The molecule has 2 saturated heterocycles. The van der Waals surface area contributed by atoms with E-state index in [-0.39, 0.29) is 5.92 Å². The van der Waals surface area contributed by atoms with Gasteiger partial charge in [-0.25, -0.2) is 0 Å².